The molecule has 12 nitrogen and oxygen atoms in total. The van der Waals surface area contributed by atoms with E-state index in [9.17, 15) is 14.4 Å². The van der Waals surface area contributed by atoms with Gasteiger partial charge in [-0.1, -0.05) is 13.5 Å². The number of nitrogens with one attached hydrogen (secondary N) is 3. The van der Waals surface area contributed by atoms with E-state index in [1.54, 1.807) is 43.5 Å². The fraction of sp³-hybridized carbons (Fsp3) is 0.531. The molecule has 44 heavy (non-hydrogen) atoms. The third-order valence-corrected chi connectivity index (χ3v) is 9.08. The average molecular weight is 605 g/mol. The first-order chi connectivity index (χ1) is 21.2. The van der Waals surface area contributed by atoms with Gasteiger partial charge < -0.3 is 35.4 Å². The summed E-state index contributed by atoms with van der Waals surface area (Å²) in [5.74, 6) is 1.29. The lowest BCUT2D eigenvalue weighted by atomic mass is 9.88. The molecular weight excluding hydrogens is 560 g/mol. The highest BCUT2D eigenvalue weighted by Crippen LogP contribution is 2.40. The molecule has 1 saturated heterocycles. The zero-order valence-corrected chi connectivity index (χ0v) is 26.1. The summed E-state index contributed by atoms with van der Waals surface area (Å²) in [6, 6.07) is 5.27. The minimum Gasteiger partial charge on any atom is -0.495 e. The van der Waals surface area contributed by atoms with E-state index in [1.807, 2.05) is 6.92 Å². The Balaban J connectivity index is 1.35. The van der Waals surface area contributed by atoms with E-state index in [1.165, 1.54) is 6.08 Å². The van der Waals surface area contributed by atoms with E-state index in [-0.39, 0.29) is 41.9 Å². The first-order valence-corrected chi connectivity index (χ1v) is 15.5. The number of aromatic nitrogens is 2. The van der Waals surface area contributed by atoms with Crippen LogP contribution in [0.5, 0.6) is 5.75 Å². The van der Waals surface area contributed by atoms with Gasteiger partial charge >= 0.3 is 0 Å². The molecule has 1 aromatic heterocycles. The second-order valence-corrected chi connectivity index (χ2v) is 11.9. The number of hydrogen-bond donors (Lipinski definition) is 3. The van der Waals surface area contributed by atoms with Crippen LogP contribution in [-0.4, -0.2) is 91.1 Å². The predicted molar refractivity (Wildman–Crippen MR) is 171 cm³/mol. The smallest absolute Gasteiger partial charge is 0.251 e. The molecule has 0 unspecified atom stereocenters. The summed E-state index contributed by atoms with van der Waals surface area (Å²) in [5, 5.41) is 9.43. The van der Waals surface area contributed by atoms with Crippen LogP contribution in [-0.2, 0) is 9.59 Å². The second-order valence-electron chi connectivity index (χ2n) is 11.9. The molecule has 2 fully saturated rings. The molecule has 2 aliphatic heterocycles. The Morgan fingerprint density at radius 1 is 1.07 bits per heavy atom. The molecule has 236 valence electrons. The summed E-state index contributed by atoms with van der Waals surface area (Å²) in [6.45, 7) is 7.50. The molecule has 3 N–H and O–H groups in total. The van der Waals surface area contributed by atoms with E-state index in [0.29, 0.717) is 40.9 Å². The largest absolute Gasteiger partial charge is 0.495 e. The number of nitrogens with zero attached hydrogens (tertiary/aromatic N) is 5. The zero-order chi connectivity index (χ0) is 31.4. The third kappa shape index (κ3) is 6.64. The Morgan fingerprint density at radius 3 is 2.43 bits per heavy atom. The second kappa shape index (κ2) is 13.6. The van der Waals surface area contributed by atoms with Crippen molar-refractivity contribution in [3.05, 3.63) is 42.6 Å². The standard InChI is InChI=1S/C32H44N8O4/c1-6-25-31(43)39(4)26-19-33-32(37-29(26)40(25)23-11-9-21(10-12-23)34-28(41)7-2)36-24-13-8-20(18-27(24)44-5)30(42)35-22-14-16-38(3)17-15-22/h7-8,13,18-19,21-23,25H,2,6,9-12,14-17H2,1,3-5H3,(H,34,41)(H,35,42)(H,33,36,37)/t21?,23?,25-/m1/s1. The Kier molecular flexibility index (Phi) is 9.68. The van der Waals surface area contributed by atoms with Crippen LogP contribution in [0.1, 0.15) is 62.2 Å². The number of rotatable bonds is 9. The maximum atomic E-state index is 13.4. The van der Waals surface area contributed by atoms with Crippen molar-refractivity contribution in [1.82, 2.24) is 25.5 Å². The highest BCUT2D eigenvalue weighted by atomic mass is 16.5. The minimum atomic E-state index is -0.350. The van der Waals surface area contributed by atoms with Crippen molar-refractivity contribution in [1.29, 1.82) is 0 Å². The molecular formula is C32H44N8O4. The molecule has 5 rings (SSSR count). The van der Waals surface area contributed by atoms with E-state index in [0.717, 1.165) is 51.6 Å². The number of hydrogen-bond acceptors (Lipinski definition) is 9. The molecule has 0 radical (unpaired) electrons. The van der Waals surface area contributed by atoms with Gasteiger partial charge in [0.05, 0.1) is 19.0 Å². The highest BCUT2D eigenvalue weighted by Gasteiger charge is 2.41. The number of methoxy groups -OCH3 is 1. The van der Waals surface area contributed by atoms with Gasteiger partial charge in [-0.2, -0.15) is 4.98 Å². The zero-order valence-electron chi connectivity index (χ0n) is 26.1. The first-order valence-electron chi connectivity index (χ1n) is 15.5. The van der Waals surface area contributed by atoms with E-state index in [4.69, 9.17) is 9.72 Å². The van der Waals surface area contributed by atoms with Gasteiger partial charge in [-0.25, -0.2) is 4.98 Å². The van der Waals surface area contributed by atoms with Gasteiger partial charge in [0.2, 0.25) is 17.8 Å². The van der Waals surface area contributed by atoms with Crippen molar-refractivity contribution in [2.45, 2.75) is 76.0 Å². The first kappa shape index (κ1) is 31.2. The average Bonchev–Trinajstić information content (AvgIpc) is 3.04. The Bertz CT molecular complexity index is 1380. The summed E-state index contributed by atoms with van der Waals surface area (Å²) in [4.78, 5) is 53.8. The van der Waals surface area contributed by atoms with Crippen molar-refractivity contribution in [2.24, 2.45) is 0 Å². The van der Waals surface area contributed by atoms with E-state index in [2.05, 4.69) is 44.4 Å². The summed E-state index contributed by atoms with van der Waals surface area (Å²) >= 11 is 0. The molecule has 3 aliphatic rings. The van der Waals surface area contributed by atoms with Crippen molar-refractivity contribution in [2.75, 3.05) is 49.4 Å². The third-order valence-electron chi connectivity index (χ3n) is 9.08. The van der Waals surface area contributed by atoms with Crippen LogP contribution in [0.3, 0.4) is 0 Å². The Labute approximate surface area is 259 Å². The van der Waals surface area contributed by atoms with E-state index < -0.39 is 0 Å². The number of benzene rings is 1. The maximum Gasteiger partial charge on any atom is 0.251 e. The van der Waals surface area contributed by atoms with Gasteiger partial charge in [-0.3, -0.25) is 14.4 Å². The van der Waals surface area contributed by atoms with Crippen molar-refractivity contribution >= 4 is 40.9 Å². The molecule has 0 spiro atoms. The van der Waals surface area contributed by atoms with Crippen molar-refractivity contribution in [3.63, 3.8) is 0 Å². The van der Waals surface area contributed by atoms with Crippen LogP contribution < -0.4 is 30.5 Å². The maximum absolute atomic E-state index is 13.4. The lowest BCUT2D eigenvalue weighted by Gasteiger charge is -2.46. The van der Waals surface area contributed by atoms with E-state index >= 15 is 0 Å². The SMILES string of the molecule is C=CC(=O)NC1CCC(N2c3nc(Nc4ccc(C(=O)NC5CCN(C)CC5)cc4OC)ncc3N(C)C(=O)[C@H]2CC)CC1. The van der Waals surface area contributed by atoms with Crippen LogP contribution in [0.25, 0.3) is 0 Å². The van der Waals surface area contributed by atoms with Gasteiger partial charge in [-0.05, 0) is 89.4 Å². The molecule has 12 heteroatoms. The van der Waals surface area contributed by atoms with Gasteiger partial charge in [0.15, 0.2) is 5.82 Å². The van der Waals surface area contributed by atoms with Crippen LogP contribution >= 0.6 is 0 Å². The quantitative estimate of drug-likeness (QED) is 0.369. The van der Waals surface area contributed by atoms with Crippen molar-refractivity contribution < 1.29 is 19.1 Å². The summed E-state index contributed by atoms with van der Waals surface area (Å²) < 4.78 is 5.65. The van der Waals surface area contributed by atoms with Crippen LogP contribution in [0, 0.1) is 0 Å². The van der Waals surface area contributed by atoms with Gasteiger partial charge in [-0.15, -0.1) is 0 Å². The van der Waals surface area contributed by atoms with Gasteiger partial charge in [0.1, 0.15) is 17.5 Å². The molecule has 1 saturated carbocycles. The molecule has 2 aromatic rings. The Morgan fingerprint density at radius 2 is 1.77 bits per heavy atom. The number of amides is 3. The van der Waals surface area contributed by atoms with Crippen LogP contribution in [0.15, 0.2) is 37.1 Å². The topological polar surface area (TPSA) is 132 Å². The summed E-state index contributed by atoms with van der Waals surface area (Å²) in [6.07, 6.45) is 8.71. The molecule has 3 amide bonds. The normalized spacial score (nSPS) is 22.6. The number of likely N-dealkylation sites (tertiary alicyclic amines) is 1. The Hall–Kier alpha value is -4.19. The molecule has 1 aromatic carbocycles. The number of fused-ring (bicyclic) bond motifs is 1. The number of carbonyl (C=O) groups excluding carboxylic acids is 3. The molecule has 0 bridgehead atoms. The summed E-state index contributed by atoms with van der Waals surface area (Å²) in [7, 11) is 5.42. The van der Waals surface area contributed by atoms with Gasteiger partial charge in [0, 0.05) is 30.7 Å². The number of carbonyl (C=O) groups is 3. The van der Waals surface area contributed by atoms with Crippen molar-refractivity contribution in [3.8, 4) is 5.75 Å². The number of likely N-dealkylation sites (N-methyl/N-ethyl adjacent to an activating group) is 1. The molecule has 3 heterocycles. The highest BCUT2D eigenvalue weighted by molar-refractivity contribution is 6.04. The fourth-order valence-electron chi connectivity index (χ4n) is 6.50. The summed E-state index contributed by atoms with van der Waals surface area (Å²) in [5.41, 5.74) is 1.80. The lowest BCUT2D eigenvalue weighted by Crippen LogP contribution is -2.57. The van der Waals surface area contributed by atoms with Crippen LogP contribution in [0.4, 0.5) is 23.1 Å². The molecule has 1 atom stereocenters. The lowest BCUT2D eigenvalue weighted by molar-refractivity contribution is -0.120. The van der Waals surface area contributed by atoms with Crippen LogP contribution in [0.2, 0.25) is 0 Å². The van der Waals surface area contributed by atoms with Gasteiger partial charge in [0.25, 0.3) is 5.91 Å². The minimum absolute atomic E-state index is 0.0159. The predicted octanol–water partition coefficient (Wildman–Crippen LogP) is 3.23. The number of ether oxygens (including phenoxy) is 1. The monoisotopic (exact) mass is 604 g/mol. The fourth-order valence-corrected chi connectivity index (χ4v) is 6.50. The number of piperidine rings is 1. The molecule has 1 aliphatic carbocycles. The number of anilines is 4.